The Labute approximate surface area is 161 Å². The third kappa shape index (κ3) is 3.26. The number of carbonyl (C=O) groups excluding carboxylic acids is 1. The SMILES string of the molecule is CC(C)Cn1c(=O)c2cc(C(=O)NCc3ccncc3)nn2c2ccccc21. The second-order valence-corrected chi connectivity index (χ2v) is 7.16. The van der Waals surface area contributed by atoms with Crippen LogP contribution in [0.3, 0.4) is 0 Å². The fourth-order valence-corrected chi connectivity index (χ4v) is 3.27. The Morgan fingerprint density at radius 3 is 2.50 bits per heavy atom. The molecule has 0 aliphatic heterocycles. The fraction of sp³-hybridized carbons (Fsp3) is 0.238. The Hall–Kier alpha value is -3.48. The van der Waals surface area contributed by atoms with Crippen molar-refractivity contribution in [3.63, 3.8) is 0 Å². The summed E-state index contributed by atoms with van der Waals surface area (Å²) >= 11 is 0. The van der Waals surface area contributed by atoms with Gasteiger partial charge in [-0.25, -0.2) is 4.52 Å². The number of nitrogens with one attached hydrogen (secondary N) is 1. The maximum atomic E-state index is 13.1. The maximum absolute atomic E-state index is 13.1. The van der Waals surface area contributed by atoms with Gasteiger partial charge in [0.2, 0.25) is 0 Å². The Bertz CT molecular complexity index is 1210. The van der Waals surface area contributed by atoms with Gasteiger partial charge in [0.05, 0.1) is 11.0 Å². The Morgan fingerprint density at radius 1 is 1.07 bits per heavy atom. The summed E-state index contributed by atoms with van der Waals surface area (Å²) in [6.45, 7) is 5.11. The van der Waals surface area contributed by atoms with Crippen LogP contribution in [0, 0.1) is 5.92 Å². The van der Waals surface area contributed by atoms with Crippen molar-refractivity contribution in [1.29, 1.82) is 0 Å². The lowest BCUT2D eigenvalue weighted by Crippen LogP contribution is -2.25. The lowest BCUT2D eigenvalue weighted by atomic mass is 10.2. The number of hydrogen-bond donors (Lipinski definition) is 1. The topological polar surface area (TPSA) is 81.3 Å². The Morgan fingerprint density at radius 2 is 1.79 bits per heavy atom. The van der Waals surface area contributed by atoms with E-state index in [9.17, 15) is 9.59 Å². The number of nitrogens with zero attached hydrogens (tertiary/aromatic N) is 4. The summed E-state index contributed by atoms with van der Waals surface area (Å²) in [4.78, 5) is 29.6. The van der Waals surface area contributed by atoms with E-state index >= 15 is 0 Å². The zero-order valence-electron chi connectivity index (χ0n) is 15.8. The molecular weight excluding hydrogens is 354 g/mol. The Balaban J connectivity index is 1.76. The van der Waals surface area contributed by atoms with Crippen LogP contribution in [0.5, 0.6) is 0 Å². The van der Waals surface area contributed by atoms with Crippen LogP contribution >= 0.6 is 0 Å². The van der Waals surface area contributed by atoms with E-state index < -0.39 is 0 Å². The molecule has 0 saturated carbocycles. The third-order valence-electron chi connectivity index (χ3n) is 4.56. The van der Waals surface area contributed by atoms with E-state index in [0.717, 1.165) is 16.6 Å². The lowest BCUT2D eigenvalue weighted by molar-refractivity contribution is 0.0945. The number of hydrogen-bond acceptors (Lipinski definition) is 4. The molecule has 0 bridgehead atoms. The molecule has 0 aliphatic rings. The molecule has 0 radical (unpaired) electrons. The van der Waals surface area contributed by atoms with Crippen molar-refractivity contribution in [2.45, 2.75) is 26.9 Å². The van der Waals surface area contributed by atoms with Crippen LogP contribution in [-0.4, -0.2) is 25.1 Å². The molecule has 3 aromatic heterocycles. The predicted molar refractivity (Wildman–Crippen MR) is 107 cm³/mol. The van der Waals surface area contributed by atoms with Crippen LogP contribution in [0.2, 0.25) is 0 Å². The number of pyridine rings is 1. The highest BCUT2D eigenvalue weighted by atomic mass is 16.2. The summed E-state index contributed by atoms with van der Waals surface area (Å²) in [5.41, 5.74) is 3.02. The number of para-hydroxylation sites is 2. The van der Waals surface area contributed by atoms with Crippen LogP contribution in [0.1, 0.15) is 29.9 Å². The molecule has 1 N–H and O–H groups in total. The average Bonchev–Trinajstić information content (AvgIpc) is 3.16. The first-order chi connectivity index (χ1) is 13.5. The zero-order chi connectivity index (χ0) is 19.7. The average molecular weight is 375 g/mol. The second kappa shape index (κ2) is 7.26. The van der Waals surface area contributed by atoms with Crippen LogP contribution in [-0.2, 0) is 13.1 Å². The molecule has 0 unspecified atom stereocenters. The first-order valence-electron chi connectivity index (χ1n) is 9.23. The van der Waals surface area contributed by atoms with Crippen molar-refractivity contribution in [2.24, 2.45) is 5.92 Å². The number of benzene rings is 1. The van der Waals surface area contributed by atoms with Crippen molar-refractivity contribution in [1.82, 2.24) is 24.5 Å². The summed E-state index contributed by atoms with van der Waals surface area (Å²) in [6.07, 6.45) is 3.35. The molecule has 1 aromatic carbocycles. The van der Waals surface area contributed by atoms with Gasteiger partial charge in [0, 0.05) is 31.5 Å². The monoisotopic (exact) mass is 375 g/mol. The predicted octanol–water partition coefficient (Wildman–Crippen LogP) is 2.63. The van der Waals surface area contributed by atoms with Gasteiger partial charge in [0.15, 0.2) is 5.69 Å². The molecule has 7 heteroatoms. The van der Waals surface area contributed by atoms with E-state index in [0.29, 0.717) is 24.5 Å². The van der Waals surface area contributed by atoms with Crippen molar-refractivity contribution in [3.8, 4) is 0 Å². The third-order valence-corrected chi connectivity index (χ3v) is 4.56. The number of aromatic nitrogens is 4. The van der Waals surface area contributed by atoms with Gasteiger partial charge in [-0.3, -0.25) is 14.6 Å². The van der Waals surface area contributed by atoms with Gasteiger partial charge < -0.3 is 9.88 Å². The van der Waals surface area contributed by atoms with Crippen molar-refractivity contribution in [3.05, 3.63) is 76.5 Å². The molecule has 1 amide bonds. The van der Waals surface area contributed by atoms with E-state index in [1.165, 1.54) is 0 Å². The van der Waals surface area contributed by atoms with E-state index in [1.54, 1.807) is 27.5 Å². The van der Waals surface area contributed by atoms with Gasteiger partial charge in [-0.05, 0) is 35.7 Å². The molecule has 4 aromatic rings. The number of fused-ring (bicyclic) bond motifs is 3. The van der Waals surface area contributed by atoms with Crippen LogP contribution in [0.15, 0.2) is 59.7 Å². The molecule has 7 nitrogen and oxygen atoms in total. The summed E-state index contributed by atoms with van der Waals surface area (Å²) in [6, 6.07) is 12.8. The first kappa shape index (κ1) is 17.9. The molecule has 0 aliphatic carbocycles. The van der Waals surface area contributed by atoms with Crippen LogP contribution < -0.4 is 10.9 Å². The minimum atomic E-state index is -0.320. The fourth-order valence-electron chi connectivity index (χ4n) is 3.27. The van der Waals surface area contributed by atoms with E-state index in [2.05, 4.69) is 29.2 Å². The molecular formula is C21H21N5O2. The quantitative estimate of drug-likeness (QED) is 0.581. The zero-order valence-corrected chi connectivity index (χ0v) is 15.8. The summed E-state index contributed by atoms with van der Waals surface area (Å²) in [7, 11) is 0. The molecule has 0 fully saturated rings. The van der Waals surface area contributed by atoms with E-state index in [4.69, 9.17) is 0 Å². The van der Waals surface area contributed by atoms with Gasteiger partial charge >= 0.3 is 0 Å². The molecule has 0 saturated heterocycles. The molecule has 142 valence electrons. The minimum Gasteiger partial charge on any atom is -0.347 e. The Kier molecular flexibility index (Phi) is 4.65. The molecule has 0 atom stereocenters. The van der Waals surface area contributed by atoms with Gasteiger partial charge in [-0.2, -0.15) is 5.10 Å². The summed E-state index contributed by atoms with van der Waals surface area (Å²) in [5, 5.41) is 7.25. The molecule has 0 spiro atoms. The second-order valence-electron chi connectivity index (χ2n) is 7.16. The van der Waals surface area contributed by atoms with Crippen molar-refractivity contribution in [2.75, 3.05) is 0 Å². The highest BCUT2D eigenvalue weighted by Crippen LogP contribution is 2.16. The number of amides is 1. The highest BCUT2D eigenvalue weighted by Gasteiger charge is 2.17. The van der Waals surface area contributed by atoms with Crippen LogP contribution in [0.4, 0.5) is 0 Å². The van der Waals surface area contributed by atoms with Gasteiger partial charge in [-0.1, -0.05) is 26.0 Å². The van der Waals surface area contributed by atoms with E-state index in [-0.39, 0.29) is 17.2 Å². The van der Waals surface area contributed by atoms with E-state index in [1.807, 2.05) is 36.4 Å². The maximum Gasteiger partial charge on any atom is 0.277 e. The molecule has 4 rings (SSSR count). The van der Waals surface area contributed by atoms with Gasteiger partial charge in [0.1, 0.15) is 5.52 Å². The number of rotatable bonds is 5. The summed E-state index contributed by atoms with van der Waals surface area (Å²) < 4.78 is 3.32. The molecule has 28 heavy (non-hydrogen) atoms. The van der Waals surface area contributed by atoms with Gasteiger partial charge in [0.25, 0.3) is 11.5 Å². The van der Waals surface area contributed by atoms with Crippen molar-refractivity contribution < 1.29 is 4.79 Å². The minimum absolute atomic E-state index is 0.145. The highest BCUT2D eigenvalue weighted by molar-refractivity contribution is 5.94. The smallest absolute Gasteiger partial charge is 0.277 e. The van der Waals surface area contributed by atoms with Crippen molar-refractivity contribution >= 4 is 22.5 Å². The van der Waals surface area contributed by atoms with Crippen LogP contribution in [0.25, 0.3) is 16.6 Å². The standard InChI is InChI=1S/C21H21N5O2/c1-14(2)13-25-17-5-3-4-6-18(17)26-19(21(25)28)11-16(24-26)20(27)23-12-15-7-9-22-10-8-15/h3-11,14H,12-13H2,1-2H3,(H,23,27). The first-order valence-corrected chi connectivity index (χ1v) is 9.23. The molecule has 3 heterocycles. The largest absolute Gasteiger partial charge is 0.347 e. The number of carbonyl (C=O) groups is 1. The lowest BCUT2D eigenvalue weighted by Gasteiger charge is -2.13. The van der Waals surface area contributed by atoms with Gasteiger partial charge in [-0.15, -0.1) is 0 Å². The summed E-state index contributed by atoms with van der Waals surface area (Å²) in [5.74, 6) is -0.00554. The normalized spacial score (nSPS) is 11.4.